The topological polar surface area (TPSA) is 46.5 Å². The standard InChI is InChI=1S/C35H39N3O2/c1-2-40-21-9-20-37-24-29(32-14-6-7-15-34(32)37)25-38(30-16-17-30)35(39)33-23-36-19-18-31(33)28-13-8-12-27(22-28)26-10-4-3-5-11-26/h3-8,10-15,22,24,30,36H,2,9,16-21,23,25H2,1H3. The summed E-state index contributed by atoms with van der Waals surface area (Å²) in [5.41, 5.74) is 8.11. The van der Waals surface area contributed by atoms with Crippen LogP contribution in [0.2, 0.25) is 0 Å². The Kier molecular flexibility index (Phi) is 8.12. The summed E-state index contributed by atoms with van der Waals surface area (Å²) in [6.07, 6.45) is 6.26. The lowest BCUT2D eigenvalue weighted by molar-refractivity contribution is -0.128. The van der Waals surface area contributed by atoms with Gasteiger partial charge in [-0.25, -0.2) is 0 Å². The van der Waals surface area contributed by atoms with Gasteiger partial charge in [0.1, 0.15) is 0 Å². The highest BCUT2D eigenvalue weighted by atomic mass is 16.5. The number of carbonyl (C=O) groups excluding carboxylic acids is 1. The van der Waals surface area contributed by atoms with Gasteiger partial charge in [0.2, 0.25) is 0 Å². The molecule has 40 heavy (non-hydrogen) atoms. The number of para-hydroxylation sites is 1. The number of aryl methyl sites for hydroxylation is 1. The van der Waals surface area contributed by atoms with Crippen LogP contribution >= 0.6 is 0 Å². The quantitative estimate of drug-likeness (QED) is 0.219. The minimum Gasteiger partial charge on any atom is -0.382 e. The molecule has 0 spiro atoms. The van der Waals surface area contributed by atoms with Crippen LogP contribution in [0.5, 0.6) is 0 Å². The lowest BCUT2D eigenvalue weighted by atomic mass is 9.91. The lowest BCUT2D eigenvalue weighted by Gasteiger charge is -2.28. The van der Waals surface area contributed by atoms with E-state index in [2.05, 4.69) is 93.8 Å². The summed E-state index contributed by atoms with van der Waals surface area (Å²) in [6.45, 7) is 6.61. The van der Waals surface area contributed by atoms with Gasteiger partial charge in [0.25, 0.3) is 5.91 Å². The van der Waals surface area contributed by atoms with Gasteiger partial charge in [0.05, 0.1) is 0 Å². The fraction of sp³-hybridized carbons (Fsp3) is 0.343. The molecule has 1 N–H and O–H groups in total. The first-order valence-corrected chi connectivity index (χ1v) is 14.8. The summed E-state index contributed by atoms with van der Waals surface area (Å²) in [5.74, 6) is 0.183. The Morgan fingerprint density at radius 1 is 0.975 bits per heavy atom. The van der Waals surface area contributed by atoms with E-state index in [1.807, 2.05) is 13.0 Å². The van der Waals surface area contributed by atoms with E-state index < -0.39 is 0 Å². The Bertz CT molecular complexity index is 1500. The molecule has 206 valence electrons. The van der Waals surface area contributed by atoms with Crippen molar-refractivity contribution in [1.82, 2.24) is 14.8 Å². The van der Waals surface area contributed by atoms with Crippen molar-refractivity contribution in [2.75, 3.05) is 26.3 Å². The minimum absolute atomic E-state index is 0.183. The van der Waals surface area contributed by atoms with Crippen LogP contribution in [0.25, 0.3) is 27.6 Å². The van der Waals surface area contributed by atoms with Crippen LogP contribution in [0.1, 0.15) is 43.7 Å². The maximum Gasteiger partial charge on any atom is 0.251 e. The van der Waals surface area contributed by atoms with E-state index in [1.54, 1.807) is 0 Å². The molecule has 1 fully saturated rings. The SMILES string of the molecule is CCOCCCn1cc(CN(C(=O)C2=C(c3cccc(-c4ccccc4)c3)CCNC2)C2CC2)c2ccccc21. The first-order valence-electron chi connectivity index (χ1n) is 14.8. The zero-order chi connectivity index (χ0) is 27.3. The van der Waals surface area contributed by atoms with Crippen molar-refractivity contribution in [3.05, 3.63) is 102 Å². The number of carbonyl (C=O) groups is 1. The summed E-state index contributed by atoms with van der Waals surface area (Å²) in [4.78, 5) is 16.5. The zero-order valence-corrected chi connectivity index (χ0v) is 23.4. The van der Waals surface area contributed by atoms with E-state index in [0.717, 1.165) is 63.1 Å². The van der Waals surface area contributed by atoms with Crippen LogP contribution in [-0.4, -0.2) is 47.7 Å². The van der Waals surface area contributed by atoms with Crippen molar-refractivity contribution < 1.29 is 9.53 Å². The number of hydrogen-bond donors (Lipinski definition) is 1. The molecule has 5 nitrogen and oxygen atoms in total. The largest absolute Gasteiger partial charge is 0.382 e. The van der Waals surface area contributed by atoms with Gasteiger partial charge in [0, 0.05) is 61.6 Å². The van der Waals surface area contributed by atoms with Gasteiger partial charge in [-0.2, -0.15) is 0 Å². The fourth-order valence-corrected chi connectivity index (χ4v) is 5.95. The van der Waals surface area contributed by atoms with Crippen molar-refractivity contribution in [2.45, 2.75) is 51.7 Å². The lowest BCUT2D eigenvalue weighted by Crippen LogP contribution is -2.39. The Morgan fingerprint density at radius 2 is 1.75 bits per heavy atom. The van der Waals surface area contributed by atoms with Crippen molar-refractivity contribution in [1.29, 1.82) is 0 Å². The summed E-state index contributed by atoms with van der Waals surface area (Å²) in [6, 6.07) is 28.1. The Hall–Kier alpha value is -3.67. The molecule has 1 aliphatic carbocycles. The third kappa shape index (κ3) is 5.77. The van der Waals surface area contributed by atoms with Crippen LogP contribution in [0, 0.1) is 0 Å². The predicted octanol–water partition coefficient (Wildman–Crippen LogP) is 6.67. The third-order valence-corrected chi connectivity index (χ3v) is 8.15. The molecule has 1 aliphatic heterocycles. The van der Waals surface area contributed by atoms with Gasteiger partial charge >= 0.3 is 0 Å². The molecule has 0 saturated heterocycles. The number of aromatic nitrogens is 1. The van der Waals surface area contributed by atoms with Crippen LogP contribution in [0.15, 0.2) is 90.6 Å². The molecular formula is C35H39N3O2. The number of nitrogens with zero attached hydrogens (tertiary/aromatic N) is 2. The number of nitrogens with one attached hydrogen (secondary N) is 1. The Balaban J connectivity index is 1.30. The van der Waals surface area contributed by atoms with Crippen LogP contribution in [0.3, 0.4) is 0 Å². The summed E-state index contributed by atoms with van der Waals surface area (Å²) in [5, 5.41) is 4.73. The molecule has 1 aromatic heterocycles. The minimum atomic E-state index is 0.183. The molecule has 0 atom stereocenters. The van der Waals surface area contributed by atoms with E-state index >= 15 is 0 Å². The number of benzene rings is 3. The number of fused-ring (bicyclic) bond motifs is 1. The molecule has 0 bridgehead atoms. The van der Waals surface area contributed by atoms with Crippen molar-refractivity contribution >= 4 is 22.4 Å². The normalized spacial score (nSPS) is 15.5. The second-order valence-electron chi connectivity index (χ2n) is 10.9. The molecule has 0 radical (unpaired) electrons. The Morgan fingerprint density at radius 3 is 2.58 bits per heavy atom. The average molecular weight is 534 g/mol. The second kappa shape index (κ2) is 12.2. The first kappa shape index (κ1) is 26.5. The number of rotatable bonds is 11. The first-order chi connectivity index (χ1) is 19.7. The van der Waals surface area contributed by atoms with Crippen molar-refractivity contribution in [2.24, 2.45) is 0 Å². The molecule has 4 aromatic rings. The molecule has 6 rings (SSSR count). The highest BCUT2D eigenvalue weighted by molar-refractivity contribution is 6.02. The molecule has 2 heterocycles. The predicted molar refractivity (Wildman–Crippen MR) is 163 cm³/mol. The number of hydrogen-bond acceptors (Lipinski definition) is 3. The van der Waals surface area contributed by atoms with E-state index in [0.29, 0.717) is 19.1 Å². The van der Waals surface area contributed by atoms with E-state index in [-0.39, 0.29) is 5.91 Å². The maximum absolute atomic E-state index is 14.3. The van der Waals surface area contributed by atoms with Crippen LogP contribution in [0.4, 0.5) is 0 Å². The van der Waals surface area contributed by atoms with Gasteiger partial charge in [-0.3, -0.25) is 4.79 Å². The molecular weight excluding hydrogens is 494 g/mol. The fourth-order valence-electron chi connectivity index (χ4n) is 5.95. The Labute approximate surface area is 237 Å². The second-order valence-corrected chi connectivity index (χ2v) is 10.9. The summed E-state index contributed by atoms with van der Waals surface area (Å²) in [7, 11) is 0. The molecule has 2 aliphatic rings. The molecule has 0 unspecified atom stereocenters. The molecule has 5 heteroatoms. The summed E-state index contributed by atoms with van der Waals surface area (Å²) >= 11 is 0. The van der Waals surface area contributed by atoms with Crippen LogP contribution in [-0.2, 0) is 22.6 Å². The molecule has 1 amide bonds. The van der Waals surface area contributed by atoms with E-state index in [1.165, 1.54) is 33.2 Å². The highest BCUT2D eigenvalue weighted by Gasteiger charge is 2.36. The zero-order valence-electron chi connectivity index (χ0n) is 23.4. The van der Waals surface area contributed by atoms with Gasteiger partial charge < -0.3 is 19.5 Å². The smallest absolute Gasteiger partial charge is 0.251 e. The van der Waals surface area contributed by atoms with Crippen molar-refractivity contribution in [3.63, 3.8) is 0 Å². The van der Waals surface area contributed by atoms with Gasteiger partial charge in [0.15, 0.2) is 0 Å². The monoisotopic (exact) mass is 533 g/mol. The van der Waals surface area contributed by atoms with Gasteiger partial charge in [-0.15, -0.1) is 0 Å². The average Bonchev–Trinajstić information content (AvgIpc) is 3.80. The van der Waals surface area contributed by atoms with E-state index in [4.69, 9.17) is 4.74 Å². The van der Waals surface area contributed by atoms with Gasteiger partial charge in [-0.1, -0.05) is 66.7 Å². The number of amides is 1. The van der Waals surface area contributed by atoms with Crippen LogP contribution < -0.4 is 5.32 Å². The number of ether oxygens (including phenoxy) is 1. The third-order valence-electron chi connectivity index (χ3n) is 8.15. The van der Waals surface area contributed by atoms with E-state index in [9.17, 15) is 4.79 Å². The molecule has 1 saturated carbocycles. The van der Waals surface area contributed by atoms with Gasteiger partial charge in [-0.05, 0) is 79.1 Å². The maximum atomic E-state index is 14.3. The summed E-state index contributed by atoms with van der Waals surface area (Å²) < 4.78 is 7.91. The highest BCUT2D eigenvalue weighted by Crippen LogP contribution is 2.35. The molecule has 3 aromatic carbocycles. The van der Waals surface area contributed by atoms with Crippen molar-refractivity contribution in [3.8, 4) is 11.1 Å².